The summed E-state index contributed by atoms with van der Waals surface area (Å²) in [6, 6.07) is 2.54. The summed E-state index contributed by atoms with van der Waals surface area (Å²) in [5.41, 5.74) is 4.00. The van der Waals surface area contributed by atoms with Crippen molar-refractivity contribution in [3.63, 3.8) is 0 Å². The highest BCUT2D eigenvalue weighted by Crippen LogP contribution is 2.43. The van der Waals surface area contributed by atoms with Gasteiger partial charge in [0, 0.05) is 23.0 Å². The molecule has 0 fully saturated rings. The average molecular weight is 280 g/mol. The van der Waals surface area contributed by atoms with Crippen LogP contribution in [0.1, 0.15) is 55.3 Å². The highest BCUT2D eigenvalue weighted by atomic mass is 35.5. The third kappa shape index (κ3) is 2.48. The molecule has 0 spiro atoms. The van der Waals surface area contributed by atoms with Gasteiger partial charge in [-0.2, -0.15) is 0 Å². The summed E-state index contributed by atoms with van der Waals surface area (Å²) < 4.78 is 5.87. The fraction of sp³-hybridized carbons (Fsp3) is 0.625. The number of benzene rings is 1. The number of hydrogen-bond donors (Lipinski definition) is 1. The summed E-state index contributed by atoms with van der Waals surface area (Å²) in [5.74, 6) is 1.14. The van der Waals surface area contributed by atoms with Gasteiger partial charge in [-0.25, -0.2) is 0 Å². The molecule has 0 bridgehead atoms. The summed E-state index contributed by atoms with van der Waals surface area (Å²) in [5, 5.41) is 4.60. The molecule has 0 saturated heterocycles. The molecule has 1 unspecified atom stereocenters. The minimum absolute atomic E-state index is 0.402. The van der Waals surface area contributed by atoms with E-state index in [0.717, 1.165) is 43.2 Å². The third-order valence-electron chi connectivity index (χ3n) is 4.23. The topological polar surface area (TPSA) is 21.3 Å². The first-order chi connectivity index (χ1) is 9.31. The molecular weight excluding hydrogens is 258 g/mol. The zero-order chi connectivity index (χ0) is 13.2. The van der Waals surface area contributed by atoms with Crippen molar-refractivity contribution in [2.45, 2.75) is 51.5 Å². The van der Waals surface area contributed by atoms with Crippen LogP contribution in [0.15, 0.2) is 6.07 Å². The van der Waals surface area contributed by atoms with Gasteiger partial charge in [0.15, 0.2) is 0 Å². The van der Waals surface area contributed by atoms with E-state index >= 15 is 0 Å². The van der Waals surface area contributed by atoms with E-state index in [1.165, 1.54) is 36.0 Å². The van der Waals surface area contributed by atoms with Gasteiger partial charge in [-0.05, 0) is 49.4 Å². The van der Waals surface area contributed by atoms with Crippen molar-refractivity contribution in [3.8, 4) is 5.75 Å². The predicted molar refractivity (Wildman–Crippen MR) is 79.2 cm³/mol. The van der Waals surface area contributed by atoms with E-state index in [1.54, 1.807) is 0 Å². The second-order valence-electron chi connectivity index (χ2n) is 5.59. The lowest BCUT2D eigenvalue weighted by molar-refractivity contribution is 0.352. The average Bonchev–Trinajstić information content (AvgIpc) is 2.76. The Morgan fingerprint density at radius 3 is 3.11 bits per heavy atom. The van der Waals surface area contributed by atoms with Crippen molar-refractivity contribution >= 4 is 11.6 Å². The Morgan fingerprint density at radius 1 is 1.37 bits per heavy atom. The van der Waals surface area contributed by atoms with Crippen LogP contribution in [-0.4, -0.2) is 13.2 Å². The smallest absolute Gasteiger partial charge is 0.126 e. The number of rotatable bonds is 3. The number of hydrogen-bond acceptors (Lipinski definition) is 2. The first-order valence-corrected chi connectivity index (χ1v) is 7.89. The number of nitrogens with one attached hydrogen (secondary N) is 1. The van der Waals surface area contributed by atoms with Crippen molar-refractivity contribution in [3.05, 3.63) is 27.8 Å². The molecule has 0 radical (unpaired) electrons. The number of fused-ring (bicyclic) bond motifs is 3. The molecule has 0 saturated carbocycles. The summed E-state index contributed by atoms with van der Waals surface area (Å²) in [7, 11) is 0. The first kappa shape index (κ1) is 13.3. The minimum atomic E-state index is 0.402. The molecule has 3 rings (SSSR count). The predicted octanol–water partition coefficient (Wildman–Crippen LogP) is 4.04. The van der Waals surface area contributed by atoms with Crippen LogP contribution in [0.3, 0.4) is 0 Å². The minimum Gasteiger partial charge on any atom is -0.493 e. The monoisotopic (exact) mass is 279 g/mol. The number of ether oxygens (including phenoxy) is 1. The van der Waals surface area contributed by atoms with Gasteiger partial charge >= 0.3 is 0 Å². The Hall–Kier alpha value is -0.730. The molecule has 104 valence electrons. The Balaban J connectivity index is 2.03. The van der Waals surface area contributed by atoms with Gasteiger partial charge in [-0.3, -0.25) is 0 Å². The maximum Gasteiger partial charge on any atom is 0.126 e. The second kappa shape index (κ2) is 5.72. The Morgan fingerprint density at radius 2 is 2.26 bits per heavy atom. The van der Waals surface area contributed by atoms with Gasteiger partial charge in [-0.1, -0.05) is 24.9 Å². The highest BCUT2D eigenvalue weighted by Gasteiger charge is 2.27. The molecule has 2 nitrogen and oxygen atoms in total. The molecule has 3 heteroatoms. The largest absolute Gasteiger partial charge is 0.493 e. The summed E-state index contributed by atoms with van der Waals surface area (Å²) in [6.07, 6.45) is 6.98. The van der Waals surface area contributed by atoms with E-state index in [2.05, 4.69) is 18.3 Å². The van der Waals surface area contributed by atoms with Crippen LogP contribution in [0.4, 0.5) is 0 Å². The van der Waals surface area contributed by atoms with Crippen molar-refractivity contribution in [1.82, 2.24) is 5.32 Å². The van der Waals surface area contributed by atoms with Crippen LogP contribution < -0.4 is 10.1 Å². The van der Waals surface area contributed by atoms with E-state index < -0.39 is 0 Å². The molecule has 1 aromatic rings. The maximum absolute atomic E-state index is 6.58. The van der Waals surface area contributed by atoms with Crippen molar-refractivity contribution in [2.75, 3.05) is 13.2 Å². The molecule has 1 aliphatic heterocycles. The fourth-order valence-electron chi connectivity index (χ4n) is 3.33. The standard InChI is InChI=1S/C16H22ClNO/c1-2-8-18-14-6-4-3-5-12-15(14)13(17)10-11-7-9-19-16(11)12/h10,14,18H,2-9H2,1H3. The van der Waals surface area contributed by atoms with Crippen LogP contribution in [0.2, 0.25) is 5.02 Å². The molecule has 2 aliphatic rings. The molecule has 1 aromatic carbocycles. The number of halogens is 1. The summed E-state index contributed by atoms with van der Waals surface area (Å²) in [6.45, 7) is 4.07. The van der Waals surface area contributed by atoms with E-state index in [-0.39, 0.29) is 0 Å². The van der Waals surface area contributed by atoms with Crippen molar-refractivity contribution in [1.29, 1.82) is 0 Å². The highest BCUT2D eigenvalue weighted by molar-refractivity contribution is 6.31. The lowest BCUT2D eigenvalue weighted by atomic mass is 9.95. The molecule has 1 N–H and O–H groups in total. The molecule has 0 amide bonds. The molecule has 1 aliphatic carbocycles. The van der Waals surface area contributed by atoms with E-state index in [1.807, 2.05) is 0 Å². The van der Waals surface area contributed by atoms with Gasteiger partial charge in [0.2, 0.25) is 0 Å². The Bertz CT molecular complexity index is 472. The van der Waals surface area contributed by atoms with Crippen LogP contribution in [0.5, 0.6) is 5.75 Å². The van der Waals surface area contributed by atoms with Crippen LogP contribution >= 0.6 is 11.6 Å². The third-order valence-corrected chi connectivity index (χ3v) is 4.54. The van der Waals surface area contributed by atoms with Gasteiger partial charge in [0.05, 0.1) is 6.61 Å². The maximum atomic E-state index is 6.58. The lowest BCUT2D eigenvalue weighted by Crippen LogP contribution is -2.22. The molecular formula is C16H22ClNO. The Kier molecular flexibility index (Phi) is 3.99. The van der Waals surface area contributed by atoms with Gasteiger partial charge < -0.3 is 10.1 Å². The van der Waals surface area contributed by atoms with Crippen molar-refractivity contribution in [2.24, 2.45) is 0 Å². The lowest BCUT2D eigenvalue weighted by Gasteiger charge is -2.22. The van der Waals surface area contributed by atoms with Gasteiger partial charge in [0.25, 0.3) is 0 Å². The van der Waals surface area contributed by atoms with E-state index in [9.17, 15) is 0 Å². The molecule has 1 heterocycles. The van der Waals surface area contributed by atoms with E-state index in [0.29, 0.717) is 6.04 Å². The zero-order valence-corrected chi connectivity index (χ0v) is 12.4. The van der Waals surface area contributed by atoms with Gasteiger partial charge in [-0.15, -0.1) is 0 Å². The summed E-state index contributed by atoms with van der Waals surface area (Å²) in [4.78, 5) is 0. The quantitative estimate of drug-likeness (QED) is 0.843. The summed E-state index contributed by atoms with van der Waals surface area (Å²) >= 11 is 6.58. The molecule has 0 aromatic heterocycles. The normalized spacial score (nSPS) is 21.5. The second-order valence-corrected chi connectivity index (χ2v) is 6.00. The Labute approximate surface area is 120 Å². The van der Waals surface area contributed by atoms with Crippen LogP contribution in [0, 0.1) is 0 Å². The van der Waals surface area contributed by atoms with E-state index in [4.69, 9.17) is 16.3 Å². The van der Waals surface area contributed by atoms with Crippen LogP contribution in [0.25, 0.3) is 0 Å². The zero-order valence-electron chi connectivity index (χ0n) is 11.6. The van der Waals surface area contributed by atoms with Gasteiger partial charge in [0.1, 0.15) is 5.75 Å². The molecule has 19 heavy (non-hydrogen) atoms. The van der Waals surface area contributed by atoms with Crippen molar-refractivity contribution < 1.29 is 4.74 Å². The SMILES string of the molecule is CCCNC1CCCCc2c3c(cc(Cl)c21)CCO3. The fourth-order valence-corrected chi connectivity index (χ4v) is 3.70. The molecule has 1 atom stereocenters. The first-order valence-electron chi connectivity index (χ1n) is 7.51. The van der Waals surface area contributed by atoms with Crippen LogP contribution in [-0.2, 0) is 12.8 Å².